The first-order valence-electron chi connectivity index (χ1n) is 6.71. The van der Waals surface area contributed by atoms with Crippen molar-refractivity contribution < 1.29 is 5.11 Å². The van der Waals surface area contributed by atoms with E-state index in [9.17, 15) is 5.11 Å². The molecule has 0 amide bonds. The van der Waals surface area contributed by atoms with Crippen molar-refractivity contribution in [2.45, 2.75) is 50.5 Å². The van der Waals surface area contributed by atoms with Crippen molar-refractivity contribution in [2.75, 3.05) is 19.6 Å². The van der Waals surface area contributed by atoms with Gasteiger partial charge in [-0.15, -0.1) is 0 Å². The van der Waals surface area contributed by atoms with Gasteiger partial charge >= 0.3 is 0 Å². The van der Waals surface area contributed by atoms with Crippen molar-refractivity contribution in [1.29, 1.82) is 0 Å². The van der Waals surface area contributed by atoms with Crippen molar-refractivity contribution in [3.63, 3.8) is 0 Å². The van der Waals surface area contributed by atoms with Gasteiger partial charge in [0.25, 0.3) is 0 Å². The zero-order chi connectivity index (χ0) is 10.3. The van der Waals surface area contributed by atoms with Crippen molar-refractivity contribution in [1.82, 2.24) is 4.90 Å². The molecule has 0 radical (unpaired) electrons. The summed E-state index contributed by atoms with van der Waals surface area (Å²) in [4.78, 5) is 2.52. The first-order chi connectivity index (χ1) is 7.26. The van der Waals surface area contributed by atoms with Gasteiger partial charge < -0.3 is 10.0 Å². The van der Waals surface area contributed by atoms with Crippen LogP contribution in [0.2, 0.25) is 0 Å². The van der Waals surface area contributed by atoms with Gasteiger partial charge in [-0.2, -0.15) is 0 Å². The number of rotatable bonds is 2. The summed E-state index contributed by atoms with van der Waals surface area (Å²) in [6, 6.07) is 0. The lowest BCUT2D eigenvalue weighted by Crippen LogP contribution is -2.47. The topological polar surface area (TPSA) is 23.5 Å². The van der Waals surface area contributed by atoms with E-state index in [4.69, 9.17) is 0 Å². The second kappa shape index (κ2) is 3.74. The molecule has 3 rings (SSSR count). The third-order valence-electron chi connectivity index (χ3n) is 5.01. The molecule has 2 saturated heterocycles. The van der Waals surface area contributed by atoms with Crippen LogP contribution in [0.25, 0.3) is 0 Å². The average Bonchev–Trinajstić information content (AvgIpc) is 2.82. The summed E-state index contributed by atoms with van der Waals surface area (Å²) in [6.07, 6.45) is 8.93. The summed E-state index contributed by atoms with van der Waals surface area (Å²) in [6.45, 7) is 3.54. The monoisotopic (exact) mass is 209 g/mol. The minimum atomic E-state index is -0.290. The lowest BCUT2D eigenvalue weighted by Gasteiger charge is -2.40. The molecule has 2 nitrogen and oxygen atoms in total. The fourth-order valence-corrected chi connectivity index (χ4v) is 4.01. The van der Waals surface area contributed by atoms with Crippen LogP contribution in [0.1, 0.15) is 44.9 Å². The highest BCUT2D eigenvalue weighted by molar-refractivity contribution is 4.98. The number of nitrogens with zero attached hydrogens (tertiary/aromatic N) is 1. The summed E-state index contributed by atoms with van der Waals surface area (Å²) < 4.78 is 0. The number of hydrogen-bond donors (Lipinski definition) is 1. The SMILES string of the molecule is OC1(CC2CCCC2)CCN2CCC1C2. The van der Waals surface area contributed by atoms with Gasteiger partial charge in [0, 0.05) is 19.0 Å². The molecule has 1 aliphatic carbocycles. The van der Waals surface area contributed by atoms with Crippen LogP contribution in [0, 0.1) is 11.8 Å². The number of hydrogen-bond acceptors (Lipinski definition) is 2. The highest BCUT2D eigenvalue weighted by atomic mass is 16.3. The van der Waals surface area contributed by atoms with Gasteiger partial charge in [-0.05, 0) is 31.7 Å². The Morgan fingerprint density at radius 2 is 1.93 bits per heavy atom. The molecule has 3 aliphatic rings. The Kier molecular flexibility index (Phi) is 2.52. The van der Waals surface area contributed by atoms with Gasteiger partial charge in [0.2, 0.25) is 0 Å². The molecular formula is C13H23NO. The molecule has 2 aliphatic heterocycles. The van der Waals surface area contributed by atoms with Gasteiger partial charge in [-0.1, -0.05) is 25.7 Å². The standard InChI is InChI=1S/C13H23NO/c15-13(9-11-3-1-2-4-11)6-8-14-7-5-12(13)10-14/h11-12,15H,1-10H2. The van der Waals surface area contributed by atoms with E-state index >= 15 is 0 Å². The Morgan fingerprint density at radius 1 is 1.13 bits per heavy atom. The molecule has 3 fully saturated rings. The van der Waals surface area contributed by atoms with E-state index in [1.807, 2.05) is 0 Å². The van der Waals surface area contributed by atoms with Crippen molar-refractivity contribution >= 4 is 0 Å². The molecular weight excluding hydrogens is 186 g/mol. The quantitative estimate of drug-likeness (QED) is 0.752. The maximum atomic E-state index is 10.8. The summed E-state index contributed by atoms with van der Waals surface area (Å²) in [5.74, 6) is 1.42. The van der Waals surface area contributed by atoms with Crippen LogP contribution in [-0.2, 0) is 0 Å². The Bertz CT molecular complexity index is 237. The average molecular weight is 209 g/mol. The van der Waals surface area contributed by atoms with Gasteiger partial charge in [0.1, 0.15) is 0 Å². The molecule has 0 aromatic carbocycles. The van der Waals surface area contributed by atoms with Crippen LogP contribution in [0.3, 0.4) is 0 Å². The second-order valence-electron chi connectivity index (χ2n) is 5.99. The summed E-state index contributed by atoms with van der Waals surface area (Å²) in [5, 5.41) is 10.8. The van der Waals surface area contributed by atoms with E-state index in [0.29, 0.717) is 5.92 Å². The minimum absolute atomic E-state index is 0.290. The Morgan fingerprint density at radius 3 is 2.73 bits per heavy atom. The van der Waals surface area contributed by atoms with Gasteiger partial charge in [0.15, 0.2) is 0 Å². The van der Waals surface area contributed by atoms with E-state index in [-0.39, 0.29) is 5.60 Å². The Hall–Kier alpha value is -0.0800. The zero-order valence-corrected chi connectivity index (χ0v) is 9.62. The molecule has 86 valence electrons. The van der Waals surface area contributed by atoms with Crippen molar-refractivity contribution in [3.05, 3.63) is 0 Å². The summed E-state index contributed by atoms with van der Waals surface area (Å²) >= 11 is 0. The minimum Gasteiger partial charge on any atom is -0.389 e. The van der Waals surface area contributed by atoms with Crippen molar-refractivity contribution in [2.24, 2.45) is 11.8 Å². The molecule has 0 aromatic rings. The largest absolute Gasteiger partial charge is 0.389 e. The summed E-state index contributed by atoms with van der Waals surface area (Å²) in [7, 11) is 0. The number of fused-ring (bicyclic) bond motifs is 2. The van der Waals surface area contributed by atoms with Gasteiger partial charge in [-0.3, -0.25) is 0 Å². The predicted octanol–water partition coefficient (Wildman–Crippen LogP) is 2.02. The second-order valence-corrected chi connectivity index (χ2v) is 5.99. The molecule has 15 heavy (non-hydrogen) atoms. The molecule has 1 N–H and O–H groups in total. The fourth-order valence-electron chi connectivity index (χ4n) is 4.01. The van der Waals surface area contributed by atoms with Crippen LogP contribution >= 0.6 is 0 Å². The smallest absolute Gasteiger partial charge is 0.0703 e. The van der Waals surface area contributed by atoms with Crippen LogP contribution < -0.4 is 0 Å². The first kappa shape index (κ1) is 10.1. The molecule has 2 heterocycles. The number of aliphatic hydroxyl groups is 1. The van der Waals surface area contributed by atoms with Crippen molar-refractivity contribution in [3.8, 4) is 0 Å². The van der Waals surface area contributed by atoms with E-state index in [1.54, 1.807) is 0 Å². The molecule has 2 bridgehead atoms. The molecule has 0 aromatic heterocycles. The zero-order valence-electron chi connectivity index (χ0n) is 9.62. The molecule has 1 saturated carbocycles. The summed E-state index contributed by atoms with van der Waals surface area (Å²) in [5.41, 5.74) is -0.290. The van der Waals surface area contributed by atoms with E-state index in [2.05, 4.69) is 4.90 Å². The van der Waals surface area contributed by atoms with E-state index in [1.165, 1.54) is 45.2 Å². The maximum Gasteiger partial charge on any atom is 0.0703 e. The van der Waals surface area contributed by atoms with E-state index < -0.39 is 0 Å². The Balaban J connectivity index is 1.66. The Labute approximate surface area is 92.7 Å². The molecule has 0 spiro atoms. The van der Waals surface area contributed by atoms with E-state index in [0.717, 1.165) is 25.3 Å². The lowest BCUT2D eigenvalue weighted by atomic mass is 9.76. The third kappa shape index (κ3) is 1.83. The lowest BCUT2D eigenvalue weighted by molar-refractivity contribution is -0.0616. The van der Waals surface area contributed by atoms with Crippen LogP contribution in [0.5, 0.6) is 0 Å². The highest BCUT2D eigenvalue weighted by Crippen LogP contribution is 2.42. The van der Waals surface area contributed by atoms with Gasteiger partial charge in [-0.25, -0.2) is 0 Å². The highest BCUT2D eigenvalue weighted by Gasteiger charge is 2.45. The van der Waals surface area contributed by atoms with Gasteiger partial charge in [0.05, 0.1) is 5.60 Å². The molecule has 3 unspecified atom stereocenters. The maximum absolute atomic E-state index is 10.8. The first-order valence-corrected chi connectivity index (χ1v) is 6.71. The van der Waals surface area contributed by atoms with Crippen LogP contribution in [0.15, 0.2) is 0 Å². The molecule has 3 atom stereocenters. The van der Waals surface area contributed by atoms with Crippen LogP contribution in [0.4, 0.5) is 0 Å². The molecule has 2 heteroatoms. The number of piperidine rings is 1. The fraction of sp³-hybridized carbons (Fsp3) is 1.00. The normalized spacial score (nSPS) is 46.2. The third-order valence-corrected chi connectivity index (χ3v) is 5.01. The van der Waals surface area contributed by atoms with Crippen LogP contribution in [-0.4, -0.2) is 35.2 Å². The predicted molar refractivity (Wildman–Crippen MR) is 60.7 cm³/mol.